The van der Waals surface area contributed by atoms with Gasteiger partial charge in [0.15, 0.2) is 6.61 Å². The van der Waals surface area contributed by atoms with Crippen molar-refractivity contribution in [1.82, 2.24) is 4.31 Å². The molecule has 0 aliphatic rings. The largest absolute Gasteiger partial charge is 0.495 e. The minimum Gasteiger partial charge on any atom is -0.495 e. The van der Waals surface area contributed by atoms with Crippen molar-refractivity contribution in [3.8, 4) is 11.5 Å². The Labute approximate surface area is 175 Å². The van der Waals surface area contributed by atoms with Crippen molar-refractivity contribution in [2.45, 2.75) is 18.7 Å². The molecule has 0 aliphatic carbocycles. The lowest BCUT2D eigenvalue weighted by molar-refractivity contribution is -0.118. The first kappa shape index (κ1) is 23.2. The van der Waals surface area contributed by atoms with Crippen molar-refractivity contribution in [2.75, 3.05) is 32.1 Å². The fourth-order valence-corrected chi connectivity index (χ4v) is 4.22. The van der Waals surface area contributed by atoms with E-state index in [9.17, 15) is 18.0 Å². The van der Waals surface area contributed by atoms with E-state index in [1.54, 1.807) is 26.0 Å². The summed E-state index contributed by atoms with van der Waals surface area (Å²) in [5.41, 5.74) is 5.68. The number of nitrogens with zero attached hydrogens (tertiary/aromatic N) is 1. The van der Waals surface area contributed by atoms with Gasteiger partial charge in [-0.25, -0.2) is 8.42 Å². The van der Waals surface area contributed by atoms with E-state index >= 15 is 0 Å². The Hall–Kier alpha value is -3.11. The molecule has 162 valence electrons. The highest BCUT2D eigenvalue weighted by Crippen LogP contribution is 2.29. The second-order valence-electron chi connectivity index (χ2n) is 6.18. The third-order valence-electron chi connectivity index (χ3n) is 4.28. The number of ether oxygens (including phenoxy) is 2. The zero-order valence-corrected chi connectivity index (χ0v) is 17.9. The van der Waals surface area contributed by atoms with E-state index in [1.165, 1.54) is 41.7 Å². The van der Waals surface area contributed by atoms with E-state index in [0.29, 0.717) is 24.6 Å². The number of primary amides is 1. The molecule has 9 nitrogen and oxygen atoms in total. The predicted octanol–water partition coefficient (Wildman–Crippen LogP) is 1.84. The molecule has 3 N–H and O–H groups in total. The Morgan fingerprint density at radius 2 is 1.80 bits per heavy atom. The Bertz CT molecular complexity index is 1020. The highest BCUT2D eigenvalue weighted by atomic mass is 32.2. The van der Waals surface area contributed by atoms with Crippen LogP contribution in [0.4, 0.5) is 5.69 Å². The van der Waals surface area contributed by atoms with E-state index in [2.05, 4.69) is 5.32 Å². The van der Waals surface area contributed by atoms with Gasteiger partial charge < -0.3 is 20.5 Å². The van der Waals surface area contributed by atoms with Gasteiger partial charge in [0.2, 0.25) is 15.9 Å². The number of amides is 2. The first-order chi connectivity index (χ1) is 14.2. The summed E-state index contributed by atoms with van der Waals surface area (Å²) in [6.45, 7) is 3.78. The number of benzene rings is 2. The van der Waals surface area contributed by atoms with Crippen molar-refractivity contribution in [1.29, 1.82) is 0 Å². The van der Waals surface area contributed by atoms with E-state index in [0.717, 1.165) is 0 Å². The molecule has 2 aromatic rings. The van der Waals surface area contributed by atoms with E-state index in [1.807, 2.05) is 0 Å². The third-order valence-corrected chi connectivity index (χ3v) is 6.32. The van der Waals surface area contributed by atoms with Gasteiger partial charge >= 0.3 is 0 Å². The quantitative estimate of drug-likeness (QED) is 0.586. The van der Waals surface area contributed by atoms with Crippen LogP contribution in [0.3, 0.4) is 0 Å². The van der Waals surface area contributed by atoms with Crippen LogP contribution in [0.2, 0.25) is 0 Å². The molecule has 0 bridgehead atoms. The molecule has 2 rings (SSSR count). The summed E-state index contributed by atoms with van der Waals surface area (Å²) in [5, 5.41) is 2.59. The van der Waals surface area contributed by atoms with Crippen LogP contribution in [0, 0.1) is 0 Å². The van der Waals surface area contributed by atoms with Gasteiger partial charge in [-0.15, -0.1) is 0 Å². The summed E-state index contributed by atoms with van der Waals surface area (Å²) < 4.78 is 37.4. The molecule has 30 heavy (non-hydrogen) atoms. The molecule has 0 saturated heterocycles. The van der Waals surface area contributed by atoms with Gasteiger partial charge in [-0.2, -0.15) is 4.31 Å². The summed E-state index contributed by atoms with van der Waals surface area (Å²) in [6, 6.07) is 10.4. The molecule has 0 aromatic heterocycles. The number of nitrogens with two attached hydrogens (primary N) is 1. The molecule has 0 heterocycles. The normalized spacial score (nSPS) is 11.2. The highest BCUT2D eigenvalue weighted by molar-refractivity contribution is 7.89. The van der Waals surface area contributed by atoms with E-state index < -0.39 is 21.8 Å². The van der Waals surface area contributed by atoms with Crippen LogP contribution in [0.5, 0.6) is 11.5 Å². The summed E-state index contributed by atoms with van der Waals surface area (Å²) >= 11 is 0. The maximum absolute atomic E-state index is 12.7. The fourth-order valence-electron chi connectivity index (χ4n) is 2.73. The maximum Gasteiger partial charge on any atom is 0.262 e. The minimum atomic E-state index is -3.70. The first-order valence-corrected chi connectivity index (χ1v) is 10.7. The van der Waals surface area contributed by atoms with Crippen LogP contribution in [0.15, 0.2) is 47.4 Å². The molecule has 0 saturated carbocycles. The Kier molecular flexibility index (Phi) is 7.79. The summed E-state index contributed by atoms with van der Waals surface area (Å²) in [6.07, 6.45) is 0. The maximum atomic E-state index is 12.7. The van der Waals surface area contributed by atoms with Crippen LogP contribution in [-0.4, -0.2) is 51.3 Å². The summed E-state index contributed by atoms with van der Waals surface area (Å²) in [5.74, 6) is -0.542. The fraction of sp³-hybridized carbons (Fsp3) is 0.300. The van der Waals surface area contributed by atoms with Gasteiger partial charge in [0, 0.05) is 18.7 Å². The second kappa shape index (κ2) is 10.1. The molecule has 0 spiro atoms. The van der Waals surface area contributed by atoms with Gasteiger partial charge in [0.25, 0.3) is 5.91 Å². The first-order valence-electron chi connectivity index (χ1n) is 9.23. The average Bonchev–Trinajstić information content (AvgIpc) is 2.73. The van der Waals surface area contributed by atoms with Gasteiger partial charge in [-0.05, 0) is 36.4 Å². The number of hydrogen-bond acceptors (Lipinski definition) is 6. The van der Waals surface area contributed by atoms with Crippen molar-refractivity contribution in [3.63, 3.8) is 0 Å². The van der Waals surface area contributed by atoms with Crippen LogP contribution >= 0.6 is 0 Å². The number of hydrogen-bond donors (Lipinski definition) is 2. The zero-order chi connectivity index (χ0) is 22.3. The molecular weight excluding hydrogens is 410 g/mol. The molecular formula is C20H25N3O6S. The molecule has 0 unspecified atom stereocenters. The van der Waals surface area contributed by atoms with Gasteiger partial charge in [-0.3, -0.25) is 9.59 Å². The molecule has 2 amide bonds. The standard InChI is InChI=1S/C20H25N3O6S/c1-4-23(5-2)30(26,27)16-9-10-18(28-3)17(12-16)22-19(24)13-29-15-8-6-7-14(11-15)20(21)25/h6-12H,4-5,13H2,1-3H3,(H2,21,25)(H,22,24). The molecule has 0 fully saturated rings. The minimum absolute atomic E-state index is 0.0392. The van der Waals surface area contributed by atoms with E-state index in [4.69, 9.17) is 15.2 Å². The number of carbonyl (C=O) groups is 2. The topological polar surface area (TPSA) is 128 Å². The average molecular weight is 436 g/mol. The molecule has 0 radical (unpaired) electrons. The van der Waals surface area contributed by atoms with Crippen LogP contribution < -0.4 is 20.5 Å². The lowest BCUT2D eigenvalue weighted by Crippen LogP contribution is -2.30. The van der Waals surface area contributed by atoms with Crippen LogP contribution in [0.25, 0.3) is 0 Å². The second-order valence-corrected chi connectivity index (χ2v) is 8.12. The zero-order valence-electron chi connectivity index (χ0n) is 17.0. The Morgan fingerprint density at radius 3 is 2.40 bits per heavy atom. The smallest absolute Gasteiger partial charge is 0.262 e. The van der Waals surface area contributed by atoms with Gasteiger partial charge in [0.1, 0.15) is 11.5 Å². The Balaban J connectivity index is 2.17. The third kappa shape index (κ3) is 5.49. The van der Waals surface area contributed by atoms with Crippen molar-refractivity contribution in [3.05, 3.63) is 48.0 Å². The predicted molar refractivity (Wildman–Crippen MR) is 112 cm³/mol. The van der Waals surface area contributed by atoms with Gasteiger partial charge in [-0.1, -0.05) is 19.9 Å². The van der Waals surface area contributed by atoms with Crippen LogP contribution in [-0.2, 0) is 14.8 Å². The van der Waals surface area contributed by atoms with Crippen molar-refractivity contribution in [2.24, 2.45) is 5.73 Å². The molecule has 0 aliphatic heterocycles. The SMILES string of the molecule is CCN(CC)S(=O)(=O)c1ccc(OC)c(NC(=O)COc2cccc(C(N)=O)c2)c1. The molecule has 0 atom stereocenters. The molecule has 10 heteroatoms. The van der Waals surface area contributed by atoms with Crippen LogP contribution in [0.1, 0.15) is 24.2 Å². The number of nitrogens with one attached hydrogen (secondary N) is 1. The number of carbonyl (C=O) groups excluding carboxylic acids is 2. The molecule has 2 aromatic carbocycles. The number of sulfonamides is 1. The lowest BCUT2D eigenvalue weighted by atomic mass is 10.2. The van der Waals surface area contributed by atoms with Crippen molar-refractivity contribution >= 4 is 27.5 Å². The summed E-state index contributed by atoms with van der Waals surface area (Å²) in [7, 11) is -2.29. The monoisotopic (exact) mass is 435 g/mol. The Morgan fingerprint density at radius 1 is 1.10 bits per heavy atom. The number of rotatable bonds is 10. The van der Waals surface area contributed by atoms with E-state index in [-0.39, 0.29) is 22.8 Å². The summed E-state index contributed by atoms with van der Waals surface area (Å²) in [4.78, 5) is 23.6. The lowest BCUT2D eigenvalue weighted by Gasteiger charge is -2.19. The number of methoxy groups -OCH3 is 1. The van der Waals surface area contributed by atoms with Crippen molar-refractivity contribution < 1.29 is 27.5 Å². The van der Waals surface area contributed by atoms with Gasteiger partial charge in [0.05, 0.1) is 17.7 Å². The number of anilines is 1. The highest BCUT2D eigenvalue weighted by Gasteiger charge is 2.23.